The molecule has 4 aromatic carbocycles. The Morgan fingerprint density at radius 1 is 0.566 bits per heavy atom. The number of benzene rings is 4. The van der Waals surface area contributed by atoms with Crippen molar-refractivity contribution in [1.29, 1.82) is 0 Å². The molecule has 0 bridgehead atoms. The lowest BCUT2D eigenvalue weighted by Gasteiger charge is -2.26. The van der Waals surface area contributed by atoms with Gasteiger partial charge >= 0.3 is 0 Å². The highest BCUT2D eigenvalue weighted by atomic mass is 16.5. The van der Waals surface area contributed by atoms with E-state index in [1.54, 1.807) is 0 Å². The number of aryl methyl sites for hydroxylation is 1. The molecule has 53 heavy (non-hydrogen) atoms. The highest BCUT2D eigenvalue weighted by molar-refractivity contribution is 6.09. The molecule has 0 spiro atoms. The molecule has 2 saturated heterocycles. The molecule has 7 heteroatoms. The van der Waals surface area contributed by atoms with Gasteiger partial charge < -0.3 is 14.5 Å². The summed E-state index contributed by atoms with van der Waals surface area (Å²) in [6.07, 6.45) is 6.65. The normalized spacial score (nSPS) is 14.7. The maximum absolute atomic E-state index is 6.73. The van der Waals surface area contributed by atoms with Crippen LogP contribution < -0.4 is 14.5 Å². The Hall–Kier alpha value is -5.56. The molecule has 2 aliphatic heterocycles. The van der Waals surface area contributed by atoms with Crippen LogP contribution in [0.1, 0.15) is 59.1 Å². The van der Waals surface area contributed by atoms with Crippen LogP contribution in [0.3, 0.4) is 0 Å². The van der Waals surface area contributed by atoms with Crippen LogP contribution in [0.2, 0.25) is 0 Å². The summed E-state index contributed by atoms with van der Waals surface area (Å²) in [5.41, 5.74) is 13.9. The predicted octanol–water partition coefficient (Wildman–Crippen LogP) is 10.9. The van der Waals surface area contributed by atoms with Gasteiger partial charge in [-0.15, -0.1) is 5.10 Å². The molecule has 5 heterocycles. The fourth-order valence-corrected chi connectivity index (χ4v) is 8.77. The zero-order chi connectivity index (χ0) is 36.4. The van der Waals surface area contributed by atoms with Gasteiger partial charge in [0.2, 0.25) is 0 Å². The van der Waals surface area contributed by atoms with Gasteiger partial charge in [0.25, 0.3) is 0 Å². The third kappa shape index (κ3) is 5.56. The van der Waals surface area contributed by atoms with Crippen LogP contribution in [-0.2, 0) is 0 Å². The molecular weight excluding hydrogens is 653 g/mol. The van der Waals surface area contributed by atoms with Crippen molar-refractivity contribution in [3.63, 3.8) is 0 Å². The molecule has 0 amide bonds. The van der Waals surface area contributed by atoms with Gasteiger partial charge in [-0.1, -0.05) is 24.3 Å². The number of anilines is 2. The number of hydrogen-bond acceptors (Lipinski definition) is 5. The van der Waals surface area contributed by atoms with Gasteiger partial charge in [0, 0.05) is 55.3 Å². The first-order valence-corrected chi connectivity index (χ1v) is 19.2. The van der Waals surface area contributed by atoms with E-state index < -0.39 is 0 Å². The largest absolute Gasteiger partial charge is 0.457 e. The van der Waals surface area contributed by atoms with E-state index in [-0.39, 0.29) is 0 Å². The Morgan fingerprint density at radius 2 is 1.23 bits per heavy atom. The van der Waals surface area contributed by atoms with Gasteiger partial charge in [0.1, 0.15) is 23.1 Å². The molecule has 0 radical (unpaired) electrons. The molecule has 2 aliphatic rings. The first kappa shape index (κ1) is 33.3. The summed E-state index contributed by atoms with van der Waals surface area (Å²) in [6, 6.07) is 27.6. The number of nitrogens with zero attached hydrogens (tertiary/aromatic N) is 6. The molecule has 0 atom stereocenters. The SMILES string of the molecule is Cc1ccnc(-n2c3ccccc3c3ccc(Oc4cccc(-n5nc(N6CCCC6)c(-c6c(C)c(C)c(C)c(C)c6C)c5N5CCCC5)c4)cc32)c1. The average Bonchev–Trinajstić information content (AvgIpc) is 4.00. The summed E-state index contributed by atoms with van der Waals surface area (Å²) in [6.45, 7) is 17.7. The minimum atomic E-state index is 0.778. The zero-order valence-corrected chi connectivity index (χ0v) is 31.8. The number of rotatable bonds is 7. The smallest absolute Gasteiger partial charge is 0.161 e. The van der Waals surface area contributed by atoms with Gasteiger partial charge in [-0.2, -0.15) is 0 Å². The topological polar surface area (TPSA) is 51.4 Å². The molecule has 268 valence electrons. The minimum Gasteiger partial charge on any atom is -0.457 e. The number of aromatic nitrogens is 4. The van der Waals surface area contributed by atoms with E-state index in [1.165, 1.54) is 86.8 Å². The Balaban J connectivity index is 1.18. The summed E-state index contributed by atoms with van der Waals surface area (Å²) < 4.78 is 11.2. The molecule has 2 fully saturated rings. The monoisotopic (exact) mass is 700 g/mol. The molecule has 3 aromatic heterocycles. The maximum Gasteiger partial charge on any atom is 0.161 e. The molecule has 7 aromatic rings. The van der Waals surface area contributed by atoms with Crippen LogP contribution in [0, 0.1) is 41.5 Å². The van der Waals surface area contributed by atoms with E-state index in [1.807, 2.05) is 18.3 Å². The van der Waals surface area contributed by atoms with Crippen molar-refractivity contribution in [2.45, 2.75) is 67.2 Å². The molecule has 0 unspecified atom stereocenters. The average molecular weight is 701 g/mol. The van der Waals surface area contributed by atoms with E-state index in [0.717, 1.165) is 66.0 Å². The predicted molar refractivity (Wildman–Crippen MR) is 219 cm³/mol. The zero-order valence-electron chi connectivity index (χ0n) is 31.8. The first-order chi connectivity index (χ1) is 25.8. The summed E-state index contributed by atoms with van der Waals surface area (Å²) in [4.78, 5) is 9.87. The highest BCUT2D eigenvalue weighted by Crippen LogP contribution is 2.47. The third-order valence-corrected chi connectivity index (χ3v) is 12.0. The molecule has 7 nitrogen and oxygen atoms in total. The van der Waals surface area contributed by atoms with Crippen LogP contribution in [0.25, 0.3) is 44.4 Å². The molecule has 9 rings (SSSR count). The van der Waals surface area contributed by atoms with E-state index in [0.29, 0.717) is 0 Å². The summed E-state index contributed by atoms with van der Waals surface area (Å²) >= 11 is 0. The molecule has 0 saturated carbocycles. The second kappa shape index (κ2) is 13.1. The molecular formula is C46H48N6O. The number of ether oxygens (including phenoxy) is 1. The Bertz CT molecular complexity index is 2500. The Morgan fingerprint density at radius 3 is 1.96 bits per heavy atom. The van der Waals surface area contributed by atoms with E-state index in [9.17, 15) is 0 Å². The quantitative estimate of drug-likeness (QED) is 0.166. The lowest BCUT2D eigenvalue weighted by atomic mass is 9.86. The Labute approximate surface area is 312 Å². The second-order valence-corrected chi connectivity index (χ2v) is 15.1. The number of hydrogen-bond donors (Lipinski definition) is 0. The van der Waals surface area contributed by atoms with Crippen molar-refractivity contribution < 1.29 is 4.74 Å². The van der Waals surface area contributed by atoms with Crippen LogP contribution >= 0.6 is 0 Å². The summed E-state index contributed by atoms with van der Waals surface area (Å²) in [5, 5.41) is 7.92. The standard InChI is InChI=1S/C46H48N6O/c1-29-20-21-47-42(26-29)51-40-17-8-7-16-38(40)39-19-18-37(28-41(39)51)53-36-15-13-14-35(27-36)52-46(50-24-11-12-25-50)44(45(48-52)49-22-9-10-23-49)43-33(5)31(3)30(2)32(4)34(43)6/h7-8,13-21,26-28H,9-12,22-25H2,1-6H3. The van der Waals surface area contributed by atoms with Crippen molar-refractivity contribution in [3.8, 4) is 34.1 Å². The van der Waals surface area contributed by atoms with Crippen molar-refractivity contribution in [1.82, 2.24) is 19.3 Å². The van der Waals surface area contributed by atoms with Crippen molar-refractivity contribution in [3.05, 3.63) is 118 Å². The number of fused-ring (bicyclic) bond motifs is 3. The lowest BCUT2D eigenvalue weighted by molar-refractivity contribution is 0.483. The van der Waals surface area contributed by atoms with Gasteiger partial charge in [-0.25, -0.2) is 9.67 Å². The van der Waals surface area contributed by atoms with E-state index >= 15 is 0 Å². The van der Waals surface area contributed by atoms with Gasteiger partial charge in [-0.3, -0.25) is 4.57 Å². The number of pyridine rings is 1. The van der Waals surface area contributed by atoms with Crippen molar-refractivity contribution >= 4 is 33.4 Å². The maximum atomic E-state index is 6.73. The van der Waals surface area contributed by atoms with Crippen LogP contribution in [-0.4, -0.2) is 45.5 Å². The Kier molecular flexibility index (Phi) is 8.25. The van der Waals surface area contributed by atoms with E-state index in [2.05, 4.69) is 127 Å². The van der Waals surface area contributed by atoms with Crippen LogP contribution in [0.4, 0.5) is 11.6 Å². The van der Waals surface area contributed by atoms with E-state index in [4.69, 9.17) is 14.8 Å². The summed E-state index contributed by atoms with van der Waals surface area (Å²) in [5.74, 6) is 4.76. The first-order valence-electron chi connectivity index (χ1n) is 19.2. The minimum absolute atomic E-state index is 0.778. The van der Waals surface area contributed by atoms with Crippen LogP contribution in [0.15, 0.2) is 85.1 Å². The fourth-order valence-electron chi connectivity index (χ4n) is 8.77. The van der Waals surface area contributed by atoms with Gasteiger partial charge in [-0.05, 0) is 149 Å². The summed E-state index contributed by atoms with van der Waals surface area (Å²) in [7, 11) is 0. The molecule has 0 N–H and O–H groups in total. The van der Waals surface area contributed by atoms with Crippen LogP contribution in [0.5, 0.6) is 11.5 Å². The molecule has 0 aliphatic carbocycles. The van der Waals surface area contributed by atoms with Crippen molar-refractivity contribution in [2.75, 3.05) is 36.0 Å². The highest BCUT2D eigenvalue weighted by Gasteiger charge is 2.32. The fraction of sp³-hybridized carbons (Fsp3) is 0.304. The number of para-hydroxylation sites is 1. The second-order valence-electron chi connectivity index (χ2n) is 15.1. The third-order valence-electron chi connectivity index (χ3n) is 12.0. The van der Waals surface area contributed by atoms with Gasteiger partial charge in [0.15, 0.2) is 5.82 Å². The van der Waals surface area contributed by atoms with Gasteiger partial charge in [0.05, 0.1) is 22.3 Å². The lowest BCUT2D eigenvalue weighted by Crippen LogP contribution is -2.22. The van der Waals surface area contributed by atoms with Crippen molar-refractivity contribution in [2.24, 2.45) is 0 Å².